The summed E-state index contributed by atoms with van der Waals surface area (Å²) in [5, 5.41) is 10.5. The van der Waals surface area contributed by atoms with E-state index in [0.29, 0.717) is 25.7 Å². The predicted octanol–water partition coefficient (Wildman–Crippen LogP) is 17.7. The monoisotopic (exact) mass is 1240 g/mol. The molecule has 0 fully saturated rings. The number of allylic oxidation sites excluding steroid dienone is 4. The molecule has 84 heavy (non-hydrogen) atoms. The smallest absolute Gasteiger partial charge is 0.462 e. The van der Waals surface area contributed by atoms with Crippen LogP contribution < -0.4 is 0 Å². The van der Waals surface area contributed by atoms with Crippen LogP contribution in [-0.4, -0.2) is 96.7 Å². The number of carbonyl (C=O) groups is 4. The summed E-state index contributed by atoms with van der Waals surface area (Å²) < 4.78 is 67.9. The van der Waals surface area contributed by atoms with Gasteiger partial charge in [0, 0.05) is 25.7 Å². The topological polar surface area (TPSA) is 237 Å². The third-order valence-electron chi connectivity index (χ3n) is 14.4. The number of rotatable bonds is 63. The van der Waals surface area contributed by atoms with Crippen LogP contribution >= 0.6 is 15.6 Å². The van der Waals surface area contributed by atoms with Crippen molar-refractivity contribution in [1.29, 1.82) is 0 Å². The van der Waals surface area contributed by atoms with Crippen molar-refractivity contribution in [3.05, 3.63) is 24.3 Å². The molecule has 0 rings (SSSR count). The highest BCUT2D eigenvalue weighted by Crippen LogP contribution is 2.45. The Morgan fingerprint density at radius 2 is 0.643 bits per heavy atom. The van der Waals surface area contributed by atoms with Gasteiger partial charge in [0.15, 0.2) is 12.2 Å². The molecule has 2 unspecified atom stereocenters. The van der Waals surface area contributed by atoms with Crippen LogP contribution in [0.25, 0.3) is 0 Å². The van der Waals surface area contributed by atoms with Gasteiger partial charge in [-0.15, -0.1) is 0 Å². The maximum absolute atomic E-state index is 13.0. The average Bonchev–Trinajstić information content (AvgIpc) is 3.48. The molecule has 0 aromatic rings. The second-order valence-electron chi connectivity index (χ2n) is 23.3. The van der Waals surface area contributed by atoms with Crippen LogP contribution in [0.1, 0.15) is 304 Å². The molecule has 5 atom stereocenters. The van der Waals surface area contributed by atoms with Crippen LogP contribution in [0.5, 0.6) is 0 Å². The summed E-state index contributed by atoms with van der Waals surface area (Å²) in [5.41, 5.74) is 0. The standard InChI is InChI=1S/C65H122O17P2/c1-6-9-12-15-18-20-22-23-24-25-27-29-36-41-46-51-65(70)82-61(55-76-63(68)49-44-39-34-31-30-33-37-42-47-58(4)5)57-80-84(73,74)78-53-59(66)52-77-83(71,72)79-56-60(54-75-62(67)48-43-38-32-17-14-11-8-3)81-64(69)50-45-40-35-28-26-21-19-16-13-10-7-2/h20,22-24,58-61,66H,6-19,21,25-57H2,1-5H3,(H,71,72)(H,73,74)/b22-20-,24-23-/t59-,60+,61+/m0/s1. The SMILES string of the molecule is CCCCCC/C=C\C=C/CCCCCCCC(=O)O[C@H](COC(=O)CCCCCCCCCCC(C)C)COP(=O)(O)OC[C@@H](O)COP(=O)(O)OC[C@@H](COC(=O)CCCCCCCCC)OC(=O)CCCCCCCCCCCCC. The first-order valence-electron chi connectivity index (χ1n) is 33.5. The van der Waals surface area contributed by atoms with Gasteiger partial charge in [0.2, 0.25) is 0 Å². The molecule has 0 aliphatic heterocycles. The van der Waals surface area contributed by atoms with E-state index in [1.165, 1.54) is 96.3 Å². The molecule has 0 bridgehead atoms. The molecule has 0 aliphatic carbocycles. The highest BCUT2D eigenvalue weighted by atomic mass is 31.2. The van der Waals surface area contributed by atoms with Gasteiger partial charge >= 0.3 is 39.5 Å². The number of hydrogen-bond acceptors (Lipinski definition) is 15. The van der Waals surface area contributed by atoms with Crippen LogP contribution in [0.4, 0.5) is 0 Å². The number of hydrogen-bond donors (Lipinski definition) is 3. The molecule has 0 saturated carbocycles. The summed E-state index contributed by atoms with van der Waals surface area (Å²) in [6.07, 6.45) is 45.4. The van der Waals surface area contributed by atoms with E-state index in [2.05, 4.69) is 58.9 Å². The number of unbranched alkanes of at least 4 members (excludes halogenated alkanes) is 32. The Bertz CT molecular complexity index is 1730. The second kappa shape index (κ2) is 58.2. The highest BCUT2D eigenvalue weighted by Gasteiger charge is 2.30. The van der Waals surface area contributed by atoms with Crippen molar-refractivity contribution < 1.29 is 80.2 Å². The number of phosphoric acid groups is 2. The molecular formula is C65H122O17P2. The number of phosphoric ester groups is 2. The summed E-state index contributed by atoms with van der Waals surface area (Å²) in [7, 11) is -9.90. The first kappa shape index (κ1) is 81.5. The third-order valence-corrected chi connectivity index (χ3v) is 16.3. The minimum atomic E-state index is -4.95. The van der Waals surface area contributed by atoms with Crippen molar-refractivity contribution in [2.45, 2.75) is 323 Å². The van der Waals surface area contributed by atoms with Gasteiger partial charge in [0.25, 0.3) is 0 Å². The summed E-state index contributed by atoms with van der Waals surface area (Å²) in [6.45, 7) is 7.05. The van der Waals surface area contributed by atoms with Crippen LogP contribution in [0.2, 0.25) is 0 Å². The molecule has 0 aliphatic rings. The van der Waals surface area contributed by atoms with Gasteiger partial charge in [-0.1, -0.05) is 252 Å². The molecule has 0 aromatic heterocycles. The van der Waals surface area contributed by atoms with Crippen molar-refractivity contribution in [2.75, 3.05) is 39.6 Å². The number of aliphatic hydroxyl groups is 1. The predicted molar refractivity (Wildman–Crippen MR) is 335 cm³/mol. The summed E-state index contributed by atoms with van der Waals surface area (Å²) in [4.78, 5) is 72.1. The molecule has 0 spiro atoms. The molecular weight excluding hydrogens is 1110 g/mol. The lowest BCUT2D eigenvalue weighted by molar-refractivity contribution is -0.161. The fourth-order valence-electron chi connectivity index (χ4n) is 9.22. The Kier molecular flexibility index (Phi) is 56.5. The number of esters is 4. The number of carbonyl (C=O) groups excluding carboxylic acids is 4. The lowest BCUT2D eigenvalue weighted by Gasteiger charge is -2.21. The van der Waals surface area contributed by atoms with E-state index in [9.17, 15) is 43.2 Å². The molecule has 0 aromatic carbocycles. The molecule has 3 N–H and O–H groups in total. The number of ether oxygens (including phenoxy) is 4. The van der Waals surface area contributed by atoms with Crippen LogP contribution in [0, 0.1) is 5.92 Å². The maximum Gasteiger partial charge on any atom is 0.472 e. The molecule has 17 nitrogen and oxygen atoms in total. The van der Waals surface area contributed by atoms with E-state index in [1.807, 2.05) is 0 Å². The molecule has 494 valence electrons. The van der Waals surface area contributed by atoms with Gasteiger partial charge < -0.3 is 33.8 Å². The van der Waals surface area contributed by atoms with E-state index in [-0.39, 0.29) is 25.7 Å². The largest absolute Gasteiger partial charge is 0.472 e. The van der Waals surface area contributed by atoms with Gasteiger partial charge in [-0.2, -0.15) is 0 Å². The quantitative estimate of drug-likeness (QED) is 0.0169. The van der Waals surface area contributed by atoms with Crippen molar-refractivity contribution in [1.82, 2.24) is 0 Å². The van der Waals surface area contributed by atoms with E-state index < -0.39 is 97.5 Å². The minimum Gasteiger partial charge on any atom is -0.462 e. The minimum absolute atomic E-state index is 0.0844. The first-order chi connectivity index (χ1) is 40.5. The van der Waals surface area contributed by atoms with Crippen molar-refractivity contribution >= 4 is 39.5 Å². The van der Waals surface area contributed by atoms with Crippen molar-refractivity contribution in [3.63, 3.8) is 0 Å². The fraction of sp³-hybridized carbons (Fsp3) is 0.877. The summed E-state index contributed by atoms with van der Waals surface area (Å²) >= 11 is 0. The lowest BCUT2D eigenvalue weighted by atomic mass is 10.0. The van der Waals surface area contributed by atoms with E-state index >= 15 is 0 Å². The summed E-state index contributed by atoms with van der Waals surface area (Å²) in [6, 6.07) is 0. The molecule has 0 saturated heterocycles. The Hall–Kier alpha value is -2.46. The van der Waals surface area contributed by atoms with Crippen molar-refractivity contribution in [2.24, 2.45) is 5.92 Å². The fourth-order valence-corrected chi connectivity index (χ4v) is 10.8. The van der Waals surface area contributed by atoms with Gasteiger partial charge in [-0.3, -0.25) is 37.3 Å². The third kappa shape index (κ3) is 58.6. The van der Waals surface area contributed by atoms with Gasteiger partial charge in [-0.25, -0.2) is 9.13 Å². The van der Waals surface area contributed by atoms with Gasteiger partial charge in [0.1, 0.15) is 19.3 Å². The molecule has 0 heterocycles. The zero-order chi connectivity index (χ0) is 62.0. The van der Waals surface area contributed by atoms with E-state index in [0.717, 1.165) is 128 Å². The molecule has 0 amide bonds. The van der Waals surface area contributed by atoms with E-state index in [1.54, 1.807) is 0 Å². The number of aliphatic hydroxyl groups excluding tert-OH is 1. The average molecular weight is 1240 g/mol. The maximum atomic E-state index is 13.0. The molecule has 19 heteroatoms. The first-order valence-corrected chi connectivity index (χ1v) is 36.4. The van der Waals surface area contributed by atoms with Crippen LogP contribution in [-0.2, 0) is 65.4 Å². The van der Waals surface area contributed by atoms with Crippen molar-refractivity contribution in [3.8, 4) is 0 Å². The van der Waals surface area contributed by atoms with Gasteiger partial charge in [-0.05, 0) is 57.3 Å². The summed E-state index contributed by atoms with van der Waals surface area (Å²) in [5.74, 6) is -1.44. The Labute approximate surface area is 510 Å². The Balaban J connectivity index is 5.25. The Morgan fingerprint density at radius 1 is 0.369 bits per heavy atom. The van der Waals surface area contributed by atoms with Crippen LogP contribution in [0.3, 0.4) is 0 Å². The Morgan fingerprint density at radius 3 is 0.976 bits per heavy atom. The normalized spacial score (nSPS) is 14.4. The second-order valence-corrected chi connectivity index (χ2v) is 26.2. The zero-order valence-electron chi connectivity index (χ0n) is 53.5. The van der Waals surface area contributed by atoms with E-state index in [4.69, 9.17) is 37.0 Å². The lowest BCUT2D eigenvalue weighted by Crippen LogP contribution is -2.30. The van der Waals surface area contributed by atoms with Gasteiger partial charge in [0.05, 0.1) is 26.4 Å². The van der Waals surface area contributed by atoms with Crippen LogP contribution in [0.15, 0.2) is 24.3 Å². The highest BCUT2D eigenvalue weighted by molar-refractivity contribution is 7.47. The zero-order valence-corrected chi connectivity index (χ0v) is 55.3. The molecule has 0 radical (unpaired) electrons.